The second-order valence-electron chi connectivity index (χ2n) is 4.11. The zero-order valence-electron chi connectivity index (χ0n) is 11.3. The predicted molar refractivity (Wildman–Crippen MR) is 82.1 cm³/mol. The first-order chi connectivity index (χ1) is 9.39. The number of hydrogen-bond acceptors (Lipinski definition) is 5. The molecule has 0 fully saturated rings. The average Bonchev–Trinajstić information content (AvgIpc) is 2.37. The smallest absolute Gasteiger partial charge is 0.216 e. The van der Waals surface area contributed by atoms with Crippen LogP contribution in [0.25, 0.3) is 0 Å². The van der Waals surface area contributed by atoms with Crippen molar-refractivity contribution in [1.82, 2.24) is 10.0 Å². The largest absolute Gasteiger partial charge is 0.399 e. The van der Waals surface area contributed by atoms with Crippen molar-refractivity contribution in [3.63, 3.8) is 0 Å². The molecule has 20 heavy (non-hydrogen) atoms. The number of hydrogen-bond donors (Lipinski definition) is 3. The van der Waals surface area contributed by atoms with E-state index in [1.807, 2.05) is 12.1 Å². The van der Waals surface area contributed by atoms with E-state index in [0.717, 1.165) is 4.90 Å². The molecule has 0 saturated heterocycles. The summed E-state index contributed by atoms with van der Waals surface area (Å²) in [6.07, 6.45) is 0. The molecular formula is C12H19N3O3S2. The minimum absolute atomic E-state index is 0.0299. The van der Waals surface area contributed by atoms with Gasteiger partial charge >= 0.3 is 0 Å². The van der Waals surface area contributed by atoms with Gasteiger partial charge < -0.3 is 11.1 Å². The summed E-state index contributed by atoms with van der Waals surface area (Å²) in [6.45, 7) is 1.88. The maximum Gasteiger partial charge on any atom is 0.216 e. The van der Waals surface area contributed by atoms with E-state index in [2.05, 4.69) is 10.0 Å². The summed E-state index contributed by atoms with van der Waals surface area (Å²) in [5, 5.41) is 2.52. The van der Waals surface area contributed by atoms with Crippen LogP contribution in [0, 0.1) is 0 Å². The standard InChI is InChI=1S/C12H19N3O3S2/c1-10(16)14-6-7-15-20(17,18)9-8-19-12-4-2-11(13)3-5-12/h2-5,15H,6-9,13H2,1H3,(H,14,16). The first-order valence-electron chi connectivity index (χ1n) is 6.09. The van der Waals surface area contributed by atoms with Gasteiger partial charge in [-0.25, -0.2) is 13.1 Å². The Balaban J connectivity index is 2.25. The zero-order chi connectivity index (χ0) is 15.0. The third-order valence-electron chi connectivity index (χ3n) is 2.32. The van der Waals surface area contributed by atoms with E-state index in [1.165, 1.54) is 18.7 Å². The summed E-state index contributed by atoms with van der Waals surface area (Å²) in [6, 6.07) is 7.28. The van der Waals surface area contributed by atoms with Gasteiger partial charge in [-0.15, -0.1) is 11.8 Å². The van der Waals surface area contributed by atoms with Gasteiger partial charge in [-0.1, -0.05) is 0 Å². The lowest BCUT2D eigenvalue weighted by atomic mass is 10.3. The molecule has 1 aromatic rings. The fraction of sp³-hybridized carbons (Fsp3) is 0.417. The Hall–Kier alpha value is -1.25. The maximum atomic E-state index is 11.7. The summed E-state index contributed by atoms with van der Waals surface area (Å²) < 4.78 is 25.8. The molecule has 0 aliphatic carbocycles. The van der Waals surface area contributed by atoms with Gasteiger partial charge in [-0.3, -0.25) is 4.79 Å². The molecule has 0 radical (unpaired) electrons. The Morgan fingerprint density at radius 3 is 2.50 bits per heavy atom. The van der Waals surface area contributed by atoms with E-state index in [0.29, 0.717) is 18.0 Å². The van der Waals surface area contributed by atoms with Crippen LogP contribution >= 0.6 is 11.8 Å². The van der Waals surface area contributed by atoms with Gasteiger partial charge in [0, 0.05) is 36.3 Å². The molecule has 0 aliphatic heterocycles. The summed E-state index contributed by atoms with van der Waals surface area (Å²) >= 11 is 1.46. The average molecular weight is 317 g/mol. The van der Waals surface area contributed by atoms with Gasteiger partial charge in [0.1, 0.15) is 0 Å². The number of rotatable bonds is 8. The van der Waals surface area contributed by atoms with Gasteiger partial charge in [0.05, 0.1) is 5.75 Å². The van der Waals surface area contributed by atoms with Crippen LogP contribution < -0.4 is 15.8 Å². The highest BCUT2D eigenvalue weighted by molar-refractivity contribution is 8.00. The molecule has 0 aliphatic rings. The van der Waals surface area contributed by atoms with E-state index in [9.17, 15) is 13.2 Å². The lowest BCUT2D eigenvalue weighted by Gasteiger charge is -2.07. The molecule has 1 aromatic carbocycles. The fourth-order valence-corrected chi connectivity index (χ4v) is 3.68. The molecule has 1 rings (SSSR count). The van der Waals surface area contributed by atoms with Crippen molar-refractivity contribution in [2.75, 3.05) is 30.3 Å². The van der Waals surface area contributed by atoms with Crippen LogP contribution in [0.2, 0.25) is 0 Å². The molecule has 0 bridgehead atoms. The maximum absolute atomic E-state index is 11.7. The van der Waals surface area contributed by atoms with Gasteiger partial charge in [-0.2, -0.15) is 0 Å². The Morgan fingerprint density at radius 2 is 1.90 bits per heavy atom. The van der Waals surface area contributed by atoms with Gasteiger partial charge in [0.2, 0.25) is 15.9 Å². The molecule has 0 atom stereocenters. The Morgan fingerprint density at radius 1 is 1.25 bits per heavy atom. The molecule has 0 spiro atoms. The van der Waals surface area contributed by atoms with Crippen LogP contribution in [0.1, 0.15) is 6.92 Å². The number of benzene rings is 1. The highest BCUT2D eigenvalue weighted by Crippen LogP contribution is 2.19. The SMILES string of the molecule is CC(=O)NCCNS(=O)(=O)CCSc1ccc(N)cc1. The normalized spacial score (nSPS) is 11.2. The molecule has 0 unspecified atom stereocenters. The molecule has 0 aromatic heterocycles. The zero-order valence-corrected chi connectivity index (χ0v) is 12.9. The van der Waals surface area contributed by atoms with E-state index >= 15 is 0 Å². The number of anilines is 1. The summed E-state index contributed by atoms with van der Waals surface area (Å²) in [4.78, 5) is 11.6. The number of carbonyl (C=O) groups excluding carboxylic acids is 1. The van der Waals surface area contributed by atoms with Crippen molar-refractivity contribution in [2.24, 2.45) is 0 Å². The molecule has 6 nitrogen and oxygen atoms in total. The number of nitrogens with one attached hydrogen (secondary N) is 2. The van der Waals surface area contributed by atoms with Crippen LogP contribution in [-0.4, -0.2) is 38.9 Å². The van der Waals surface area contributed by atoms with Crippen molar-refractivity contribution in [2.45, 2.75) is 11.8 Å². The van der Waals surface area contributed by atoms with E-state index in [4.69, 9.17) is 5.73 Å². The second-order valence-corrected chi connectivity index (χ2v) is 7.21. The molecule has 112 valence electrons. The van der Waals surface area contributed by atoms with Crippen LogP contribution in [0.5, 0.6) is 0 Å². The van der Waals surface area contributed by atoms with E-state index < -0.39 is 10.0 Å². The Kier molecular flexibility index (Phi) is 6.83. The number of nitrogen functional groups attached to an aromatic ring is 1. The molecular weight excluding hydrogens is 298 g/mol. The van der Waals surface area contributed by atoms with Crippen molar-refractivity contribution in [1.29, 1.82) is 0 Å². The number of carbonyl (C=O) groups is 1. The van der Waals surface area contributed by atoms with Crippen molar-refractivity contribution in [3.05, 3.63) is 24.3 Å². The number of amides is 1. The van der Waals surface area contributed by atoms with Crippen LogP contribution in [0.15, 0.2) is 29.2 Å². The summed E-state index contributed by atoms with van der Waals surface area (Å²) in [7, 11) is -3.30. The molecule has 0 heterocycles. The predicted octanol–water partition coefficient (Wildman–Crippen LogP) is 0.416. The monoisotopic (exact) mass is 317 g/mol. The highest BCUT2D eigenvalue weighted by Gasteiger charge is 2.09. The summed E-state index contributed by atoms with van der Waals surface area (Å²) in [5.74, 6) is 0.310. The minimum Gasteiger partial charge on any atom is -0.399 e. The van der Waals surface area contributed by atoms with Crippen molar-refractivity contribution in [3.8, 4) is 0 Å². The number of nitrogens with two attached hydrogens (primary N) is 1. The summed E-state index contributed by atoms with van der Waals surface area (Å²) in [5.41, 5.74) is 6.25. The first-order valence-corrected chi connectivity index (χ1v) is 8.73. The first kappa shape index (κ1) is 16.8. The third kappa shape index (κ3) is 7.37. The van der Waals surface area contributed by atoms with Gasteiger partial charge in [-0.05, 0) is 24.3 Å². The number of thioether (sulfide) groups is 1. The van der Waals surface area contributed by atoms with Gasteiger partial charge in [0.25, 0.3) is 0 Å². The van der Waals surface area contributed by atoms with E-state index in [-0.39, 0.29) is 18.2 Å². The van der Waals surface area contributed by atoms with Crippen LogP contribution in [0.4, 0.5) is 5.69 Å². The quantitative estimate of drug-likeness (QED) is 0.366. The Labute approximate surface area is 123 Å². The van der Waals surface area contributed by atoms with E-state index in [1.54, 1.807) is 12.1 Å². The molecule has 1 amide bonds. The Bertz CT molecular complexity index is 529. The lowest BCUT2D eigenvalue weighted by Crippen LogP contribution is -2.35. The lowest BCUT2D eigenvalue weighted by molar-refractivity contribution is -0.118. The van der Waals surface area contributed by atoms with Crippen LogP contribution in [0.3, 0.4) is 0 Å². The minimum atomic E-state index is -3.30. The van der Waals surface area contributed by atoms with Crippen LogP contribution in [-0.2, 0) is 14.8 Å². The molecule has 8 heteroatoms. The van der Waals surface area contributed by atoms with Gasteiger partial charge in [0.15, 0.2) is 0 Å². The van der Waals surface area contributed by atoms with Crippen molar-refractivity contribution < 1.29 is 13.2 Å². The second kappa shape index (κ2) is 8.13. The number of sulfonamides is 1. The highest BCUT2D eigenvalue weighted by atomic mass is 32.2. The molecule has 4 N–H and O–H groups in total. The topological polar surface area (TPSA) is 101 Å². The molecule has 0 saturated carbocycles. The van der Waals surface area contributed by atoms with Crippen molar-refractivity contribution >= 4 is 33.4 Å². The fourth-order valence-electron chi connectivity index (χ4n) is 1.35. The third-order valence-corrected chi connectivity index (χ3v) is 4.98.